The van der Waals surface area contributed by atoms with Gasteiger partial charge in [-0.15, -0.1) is 0 Å². The van der Waals surface area contributed by atoms with Crippen LogP contribution in [0, 0.1) is 0 Å². The average Bonchev–Trinajstić information content (AvgIpc) is 3.20. The van der Waals surface area contributed by atoms with Crippen LogP contribution in [0.4, 0.5) is 11.5 Å². The molecular weight excluding hydrogens is 398 g/mol. The number of fused-ring (bicyclic) bond motifs is 3. The Hall–Kier alpha value is -2.48. The van der Waals surface area contributed by atoms with Gasteiger partial charge in [0.25, 0.3) is 0 Å². The second-order valence-corrected chi connectivity index (χ2v) is 6.97. The fourth-order valence-corrected chi connectivity index (χ4v) is 3.37. The van der Waals surface area contributed by atoms with Crippen LogP contribution in [0.25, 0.3) is 22.0 Å². The fourth-order valence-electron chi connectivity index (χ4n) is 2.97. The summed E-state index contributed by atoms with van der Waals surface area (Å²) in [5.74, 6) is 1.53. The number of benzene rings is 2. The van der Waals surface area contributed by atoms with Gasteiger partial charge >= 0.3 is 0 Å². The van der Waals surface area contributed by atoms with Gasteiger partial charge in [0, 0.05) is 26.5 Å². The lowest BCUT2D eigenvalue weighted by molar-refractivity contribution is 0.0541. The Morgan fingerprint density at radius 1 is 1.08 bits per heavy atom. The van der Waals surface area contributed by atoms with Gasteiger partial charge in [-0.2, -0.15) is 0 Å². The maximum atomic E-state index is 9.52. The molecule has 1 unspecified atom stereocenters. The van der Waals surface area contributed by atoms with Crippen molar-refractivity contribution < 1.29 is 14.9 Å². The summed E-state index contributed by atoms with van der Waals surface area (Å²) in [5.41, 5.74) is 2.95. The van der Waals surface area contributed by atoms with Crippen LogP contribution in [0.15, 0.2) is 53.0 Å². The van der Waals surface area contributed by atoms with Crippen LogP contribution in [0.2, 0.25) is 0 Å². The Morgan fingerprint density at radius 2 is 1.92 bits per heavy atom. The molecule has 6 nitrogen and oxygen atoms in total. The third kappa shape index (κ3) is 3.16. The van der Waals surface area contributed by atoms with Gasteiger partial charge < -0.3 is 20.3 Å². The Bertz CT molecular complexity index is 1010. The van der Waals surface area contributed by atoms with Crippen molar-refractivity contribution in [3.05, 3.63) is 53.0 Å². The topological polar surface area (TPSA) is 93.3 Å². The summed E-state index contributed by atoms with van der Waals surface area (Å²) in [4.78, 5) is 0. The van der Waals surface area contributed by atoms with E-state index in [1.54, 1.807) is 0 Å². The monoisotopic (exact) mass is 415 g/mol. The molecule has 5 N–H and O–H groups in total. The Morgan fingerprint density at radius 3 is 2.73 bits per heavy atom. The Balaban J connectivity index is 1.69. The van der Waals surface area contributed by atoms with Gasteiger partial charge in [0.15, 0.2) is 0 Å². The first-order valence-electron chi connectivity index (χ1n) is 8.22. The van der Waals surface area contributed by atoms with Crippen LogP contribution >= 0.6 is 15.9 Å². The standard InChI is InChI=1S/C19H18BrN3O3/c20-11-3-1-4-12(7-11)21-19-16-8-15-14(18(16)22-23-19)5-2-6-17(15)26-10-13(25)9-24/h1-8,13,21-25H,9-10H2. The third-order valence-electron chi connectivity index (χ3n) is 4.21. The first-order valence-corrected chi connectivity index (χ1v) is 9.01. The van der Waals surface area contributed by atoms with Crippen molar-refractivity contribution in [2.24, 2.45) is 0 Å². The predicted molar refractivity (Wildman–Crippen MR) is 105 cm³/mol. The number of aromatic nitrogens is 2. The summed E-state index contributed by atoms with van der Waals surface area (Å²) in [6, 6.07) is 15.8. The Kier molecular flexibility index (Phi) is 4.58. The van der Waals surface area contributed by atoms with Gasteiger partial charge in [-0.3, -0.25) is 10.2 Å². The minimum Gasteiger partial charge on any atom is -0.490 e. The number of halogens is 1. The molecule has 1 aliphatic carbocycles. The molecule has 0 radical (unpaired) electrons. The number of aliphatic hydroxyl groups excluding tert-OH is 2. The molecule has 4 rings (SSSR count). The molecule has 0 aromatic heterocycles. The summed E-state index contributed by atoms with van der Waals surface area (Å²) >= 11 is 3.48. The fraction of sp³-hybridized carbons (Fsp3) is 0.158. The zero-order valence-corrected chi connectivity index (χ0v) is 15.4. The van der Waals surface area contributed by atoms with E-state index in [9.17, 15) is 5.11 Å². The number of rotatable bonds is 6. The Labute approximate surface area is 158 Å². The van der Waals surface area contributed by atoms with E-state index in [0.717, 1.165) is 38.0 Å². The maximum absolute atomic E-state index is 9.52. The van der Waals surface area contributed by atoms with E-state index >= 15 is 0 Å². The van der Waals surface area contributed by atoms with Crippen molar-refractivity contribution in [2.45, 2.75) is 6.10 Å². The van der Waals surface area contributed by atoms with Crippen LogP contribution in [-0.2, 0) is 0 Å². The molecule has 2 aromatic rings. The molecule has 0 saturated heterocycles. The van der Waals surface area contributed by atoms with Gasteiger partial charge in [-0.1, -0.05) is 34.1 Å². The number of aromatic amines is 2. The van der Waals surface area contributed by atoms with Gasteiger partial charge in [0.1, 0.15) is 24.3 Å². The van der Waals surface area contributed by atoms with E-state index in [4.69, 9.17) is 9.84 Å². The van der Waals surface area contributed by atoms with Crippen LogP contribution in [0.3, 0.4) is 0 Å². The van der Waals surface area contributed by atoms with Gasteiger partial charge in [-0.25, -0.2) is 0 Å². The van der Waals surface area contributed by atoms with E-state index in [1.807, 2.05) is 48.5 Å². The van der Waals surface area contributed by atoms with Crippen molar-refractivity contribution in [2.75, 3.05) is 18.5 Å². The second kappa shape index (κ2) is 7.03. The van der Waals surface area contributed by atoms with Crippen LogP contribution in [0.5, 0.6) is 5.75 Å². The number of hydrogen-bond acceptors (Lipinski definition) is 4. The summed E-state index contributed by atoms with van der Waals surface area (Å²) < 4.78 is 6.68. The summed E-state index contributed by atoms with van der Waals surface area (Å²) in [6.07, 6.45) is -0.896. The van der Waals surface area contributed by atoms with E-state index in [-0.39, 0.29) is 13.2 Å². The molecule has 1 atom stereocenters. The van der Waals surface area contributed by atoms with E-state index in [0.29, 0.717) is 5.75 Å². The molecule has 2 aromatic carbocycles. The molecule has 0 fully saturated rings. The molecule has 0 saturated carbocycles. The molecule has 2 aliphatic rings. The van der Waals surface area contributed by atoms with Crippen LogP contribution < -0.4 is 10.1 Å². The summed E-state index contributed by atoms with van der Waals surface area (Å²) in [7, 11) is 0. The van der Waals surface area contributed by atoms with Crippen molar-refractivity contribution in [3.8, 4) is 17.0 Å². The number of H-pyrrole nitrogens is 2. The molecule has 1 heterocycles. The SMILES string of the molecule is OCC(O)COc1cccc2c3[nH][nH]c(Nc4cccc(Br)c4)c-3cc12. The lowest BCUT2D eigenvalue weighted by Gasteiger charge is -2.10. The van der Waals surface area contributed by atoms with Crippen LogP contribution in [0.1, 0.15) is 0 Å². The number of ether oxygens (including phenoxy) is 1. The number of hydrogen-bond donors (Lipinski definition) is 5. The van der Waals surface area contributed by atoms with Gasteiger partial charge in [-0.05, 0) is 30.3 Å². The third-order valence-corrected chi connectivity index (χ3v) is 4.70. The molecule has 0 amide bonds. The quantitative estimate of drug-likeness (QED) is 0.330. The molecule has 0 bridgehead atoms. The molecule has 134 valence electrons. The minimum atomic E-state index is -0.896. The van der Waals surface area contributed by atoms with Crippen molar-refractivity contribution in [1.82, 2.24) is 10.2 Å². The smallest absolute Gasteiger partial charge is 0.132 e. The summed E-state index contributed by atoms with van der Waals surface area (Å²) in [6.45, 7) is -0.280. The van der Waals surface area contributed by atoms with E-state index < -0.39 is 6.10 Å². The van der Waals surface area contributed by atoms with E-state index in [2.05, 4.69) is 31.4 Å². The van der Waals surface area contributed by atoms with E-state index in [1.165, 1.54) is 0 Å². The zero-order valence-electron chi connectivity index (χ0n) is 13.8. The lowest BCUT2D eigenvalue weighted by Crippen LogP contribution is -2.21. The molecular formula is C19H18BrN3O3. The number of anilines is 2. The average molecular weight is 416 g/mol. The van der Waals surface area contributed by atoms with Crippen LogP contribution in [-0.4, -0.2) is 39.7 Å². The molecule has 26 heavy (non-hydrogen) atoms. The van der Waals surface area contributed by atoms with Crippen molar-refractivity contribution in [1.29, 1.82) is 0 Å². The molecule has 0 spiro atoms. The lowest BCUT2D eigenvalue weighted by atomic mass is 10.2. The number of nitrogens with one attached hydrogen (secondary N) is 3. The highest BCUT2D eigenvalue weighted by Crippen LogP contribution is 2.41. The van der Waals surface area contributed by atoms with Crippen molar-refractivity contribution >= 4 is 38.2 Å². The first kappa shape index (κ1) is 17.0. The molecule has 1 aliphatic heterocycles. The maximum Gasteiger partial charge on any atom is 0.132 e. The highest BCUT2D eigenvalue weighted by molar-refractivity contribution is 9.10. The zero-order chi connectivity index (χ0) is 18.1. The highest BCUT2D eigenvalue weighted by Gasteiger charge is 2.19. The number of aliphatic hydroxyl groups is 2. The summed E-state index contributed by atoms with van der Waals surface area (Å²) in [5, 5.41) is 30.2. The highest BCUT2D eigenvalue weighted by atomic mass is 79.9. The van der Waals surface area contributed by atoms with Gasteiger partial charge in [0.05, 0.1) is 12.3 Å². The largest absolute Gasteiger partial charge is 0.490 e. The predicted octanol–water partition coefficient (Wildman–Crippen LogP) is 3.84. The molecule has 7 heteroatoms. The van der Waals surface area contributed by atoms with Gasteiger partial charge in [0.2, 0.25) is 0 Å². The van der Waals surface area contributed by atoms with Crippen molar-refractivity contribution in [3.63, 3.8) is 0 Å². The normalized spacial score (nSPS) is 12.6. The minimum absolute atomic E-state index is 0.0456. The first-order chi connectivity index (χ1) is 12.7. The second-order valence-electron chi connectivity index (χ2n) is 6.06.